The zero-order chi connectivity index (χ0) is 24.2. The van der Waals surface area contributed by atoms with Crippen molar-refractivity contribution < 1.29 is 9.53 Å². The third-order valence-electron chi connectivity index (χ3n) is 5.13. The third-order valence-corrected chi connectivity index (χ3v) is 5.36. The second-order valence-corrected chi connectivity index (χ2v) is 9.41. The number of carbonyl (C=O) groups excluding carboxylic acids is 1. The standard InChI is InChI=1S/C28H27ClN2O2/c1-18-12-13-24(19(2)14-18)25(17-30)26(28(3,4)5)31-27(32)20-8-6-10-22(15-20)33-23-11-7-9-21(29)16-23/h6-16H,1-5H3,(H,31,32)/b26-25-. The smallest absolute Gasteiger partial charge is 0.255 e. The van der Waals surface area contributed by atoms with E-state index in [1.165, 1.54) is 0 Å². The molecule has 4 nitrogen and oxygen atoms in total. The lowest BCUT2D eigenvalue weighted by Gasteiger charge is -2.26. The maximum atomic E-state index is 13.2. The van der Waals surface area contributed by atoms with Crippen LogP contribution in [0.1, 0.15) is 47.8 Å². The fourth-order valence-electron chi connectivity index (χ4n) is 3.52. The molecule has 3 aromatic carbocycles. The van der Waals surface area contributed by atoms with Crippen molar-refractivity contribution in [1.82, 2.24) is 5.32 Å². The summed E-state index contributed by atoms with van der Waals surface area (Å²) in [5.41, 5.74) is 3.90. The Balaban J connectivity index is 1.96. The van der Waals surface area contributed by atoms with Crippen LogP contribution in [0.3, 0.4) is 0 Å². The Kier molecular flexibility index (Phi) is 7.26. The number of benzene rings is 3. The SMILES string of the molecule is Cc1ccc(/C(C#N)=C(\NC(=O)c2cccc(Oc3cccc(Cl)c3)c2)C(C)(C)C)c(C)c1. The lowest BCUT2D eigenvalue weighted by atomic mass is 9.85. The number of rotatable bonds is 5. The fourth-order valence-corrected chi connectivity index (χ4v) is 3.70. The molecular weight excluding hydrogens is 432 g/mol. The topological polar surface area (TPSA) is 62.1 Å². The maximum Gasteiger partial charge on any atom is 0.255 e. The van der Waals surface area contributed by atoms with Crippen LogP contribution in [0.4, 0.5) is 0 Å². The van der Waals surface area contributed by atoms with Crippen LogP contribution < -0.4 is 10.1 Å². The summed E-state index contributed by atoms with van der Waals surface area (Å²) >= 11 is 6.03. The highest BCUT2D eigenvalue weighted by Gasteiger charge is 2.26. The highest BCUT2D eigenvalue weighted by molar-refractivity contribution is 6.30. The summed E-state index contributed by atoms with van der Waals surface area (Å²) in [6.45, 7) is 9.91. The van der Waals surface area contributed by atoms with Gasteiger partial charge in [-0.2, -0.15) is 5.26 Å². The highest BCUT2D eigenvalue weighted by atomic mass is 35.5. The van der Waals surface area contributed by atoms with E-state index in [1.54, 1.807) is 48.5 Å². The Morgan fingerprint density at radius 1 is 0.970 bits per heavy atom. The van der Waals surface area contributed by atoms with Crippen LogP contribution >= 0.6 is 11.6 Å². The summed E-state index contributed by atoms with van der Waals surface area (Å²) in [5, 5.41) is 13.6. The predicted octanol–water partition coefficient (Wildman–Crippen LogP) is 7.46. The molecule has 1 N–H and O–H groups in total. The Hall–Kier alpha value is -3.55. The fraction of sp³-hybridized carbons (Fsp3) is 0.214. The van der Waals surface area contributed by atoms with Gasteiger partial charge in [-0.05, 0) is 61.4 Å². The van der Waals surface area contributed by atoms with E-state index in [4.69, 9.17) is 16.3 Å². The average molecular weight is 459 g/mol. The van der Waals surface area contributed by atoms with E-state index in [9.17, 15) is 10.1 Å². The van der Waals surface area contributed by atoms with Crippen molar-refractivity contribution in [3.05, 3.63) is 99.7 Å². The first kappa shape index (κ1) is 24.1. The molecule has 0 atom stereocenters. The van der Waals surface area contributed by atoms with Gasteiger partial charge in [-0.25, -0.2) is 0 Å². The van der Waals surface area contributed by atoms with Crippen molar-refractivity contribution in [2.45, 2.75) is 34.6 Å². The van der Waals surface area contributed by atoms with Gasteiger partial charge in [0.15, 0.2) is 0 Å². The first-order valence-corrected chi connectivity index (χ1v) is 11.0. The molecule has 3 aromatic rings. The second kappa shape index (κ2) is 9.94. The number of halogens is 1. The number of amides is 1. The Morgan fingerprint density at radius 3 is 2.24 bits per heavy atom. The Labute approximate surface area is 200 Å². The number of nitrogens with one attached hydrogen (secondary N) is 1. The second-order valence-electron chi connectivity index (χ2n) is 8.97. The van der Waals surface area contributed by atoms with Gasteiger partial charge in [0.2, 0.25) is 0 Å². The molecule has 0 fully saturated rings. The molecular formula is C28H27ClN2O2. The number of nitriles is 1. The van der Waals surface area contributed by atoms with E-state index in [1.807, 2.05) is 52.8 Å². The summed E-state index contributed by atoms with van der Waals surface area (Å²) in [5.74, 6) is 0.784. The number of hydrogen-bond donors (Lipinski definition) is 1. The van der Waals surface area contributed by atoms with Crippen molar-refractivity contribution in [3.63, 3.8) is 0 Å². The number of nitrogens with zero attached hydrogens (tertiary/aromatic N) is 1. The van der Waals surface area contributed by atoms with Crippen LogP contribution in [0.2, 0.25) is 5.02 Å². The largest absolute Gasteiger partial charge is 0.457 e. The van der Waals surface area contributed by atoms with Gasteiger partial charge in [0.25, 0.3) is 5.91 Å². The molecule has 0 saturated carbocycles. The molecule has 0 aliphatic rings. The van der Waals surface area contributed by atoms with Crippen molar-refractivity contribution in [3.8, 4) is 17.6 Å². The predicted molar refractivity (Wildman–Crippen MR) is 133 cm³/mol. The molecule has 0 aliphatic heterocycles. The van der Waals surface area contributed by atoms with Gasteiger partial charge >= 0.3 is 0 Å². The van der Waals surface area contributed by atoms with Gasteiger partial charge in [0.05, 0.1) is 5.57 Å². The van der Waals surface area contributed by atoms with Gasteiger partial charge in [0, 0.05) is 21.7 Å². The van der Waals surface area contributed by atoms with Gasteiger partial charge in [-0.3, -0.25) is 4.79 Å². The zero-order valence-corrected chi connectivity index (χ0v) is 20.2. The first-order chi connectivity index (χ1) is 15.6. The summed E-state index contributed by atoms with van der Waals surface area (Å²) in [7, 11) is 0. The molecule has 168 valence electrons. The lowest BCUT2D eigenvalue weighted by molar-refractivity contribution is 0.0957. The van der Waals surface area contributed by atoms with Crippen molar-refractivity contribution in [2.24, 2.45) is 5.41 Å². The molecule has 5 heteroatoms. The molecule has 0 radical (unpaired) electrons. The monoisotopic (exact) mass is 458 g/mol. The van der Waals surface area contributed by atoms with E-state index < -0.39 is 5.41 Å². The number of hydrogen-bond acceptors (Lipinski definition) is 3. The average Bonchev–Trinajstić information content (AvgIpc) is 2.74. The number of aryl methyl sites for hydroxylation is 2. The summed E-state index contributed by atoms with van der Waals surface area (Å²) < 4.78 is 5.86. The summed E-state index contributed by atoms with van der Waals surface area (Å²) in [6.07, 6.45) is 0. The molecule has 0 aliphatic carbocycles. The molecule has 0 unspecified atom stereocenters. The minimum absolute atomic E-state index is 0.311. The maximum absolute atomic E-state index is 13.2. The minimum atomic E-state index is -0.465. The molecule has 0 bridgehead atoms. The van der Waals surface area contributed by atoms with Crippen LogP contribution in [0.15, 0.2) is 72.4 Å². The molecule has 33 heavy (non-hydrogen) atoms. The Morgan fingerprint density at radius 2 is 1.64 bits per heavy atom. The van der Waals surface area contributed by atoms with E-state index >= 15 is 0 Å². The Bertz CT molecular complexity index is 1260. The van der Waals surface area contributed by atoms with Gasteiger partial charge in [-0.15, -0.1) is 0 Å². The summed E-state index contributed by atoms with van der Waals surface area (Å²) in [4.78, 5) is 13.2. The number of allylic oxidation sites excluding steroid dienone is 2. The van der Waals surface area contributed by atoms with Crippen LogP contribution in [0.25, 0.3) is 5.57 Å². The summed E-state index contributed by atoms with van der Waals surface area (Å²) in [6, 6.07) is 22.2. The molecule has 0 saturated heterocycles. The quantitative estimate of drug-likeness (QED) is 0.403. The van der Waals surface area contributed by atoms with E-state index in [2.05, 4.69) is 11.4 Å². The lowest BCUT2D eigenvalue weighted by Crippen LogP contribution is -2.31. The van der Waals surface area contributed by atoms with Gasteiger partial charge < -0.3 is 10.1 Å². The first-order valence-electron chi connectivity index (χ1n) is 10.7. The van der Waals surface area contributed by atoms with Crippen LogP contribution in [-0.4, -0.2) is 5.91 Å². The highest BCUT2D eigenvalue weighted by Crippen LogP contribution is 2.32. The molecule has 0 heterocycles. The molecule has 0 spiro atoms. The minimum Gasteiger partial charge on any atom is -0.457 e. The van der Waals surface area contributed by atoms with Crippen LogP contribution in [-0.2, 0) is 0 Å². The van der Waals surface area contributed by atoms with Crippen molar-refractivity contribution in [1.29, 1.82) is 5.26 Å². The van der Waals surface area contributed by atoms with E-state index in [0.29, 0.717) is 33.4 Å². The molecule has 1 amide bonds. The van der Waals surface area contributed by atoms with E-state index in [-0.39, 0.29) is 5.91 Å². The number of ether oxygens (including phenoxy) is 1. The number of carbonyl (C=O) groups is 1. The van der Waals surface area contributed by atoms with Crippen molar-refractivity contribution >= 4 is 23.1 Å². The third kappa shape index (κ3) is 6.03. The van der Waals surface area contributed by atoms with Gasteiger partial charge in [-0.1, -0.05) is 68.3 Å². The van der Waals surface area contributed by atoms with Crippen LogP contribution in [0.5, 0.6) is 11.5 Å². The van der Waals surface area contributed by atoms with Gasteiger partial charge in [0.1, 0.15) is 17.6 Å². The van der Waals surface area contributed by atoms with E-state index in [0.717, 1.165) is 16.7 Å². The molecule has 0 aromatic heterocycles. The normalized spacial score (nSPS) is 11.9. The molecule has 3 rings (SSSR count). The van der Waals surface area contributed by atoms with Crippen molar-refractivity contribution in [2.75, 3.05) is 0 Å². The zero-order valence-electron chi connectivity index (χ0n) is 19.5. The van der Waals surface area contributed by atoms with Crippen LogP contribution in [0, 0.1) is 30.6 Å².